The zero-order valence-corrected chi connectivity index (χ0v) is 62.7. The summed E-state index contributed by atoms with van der Waals surface area (Å²) in [4.78, 5) is 72.7. The molecule has 0 aliphatic heterocycles. The first-order valence-corrected chi connectivity index (χ1v) is 40.4. The molecule has 560 valence electrons. The predicted octanol–water partition coefficient (Wildman–Crippen LogP) is 21.3. The lowest BCUT2D eigenvalue weighted by molar-refractivity contribution is -0.161. The number of allylic oxidation sites excluding steroid dienone is 22. The molecule has 5 atom stereocenters. The summed E-state index contributed by atoms with van der Waals surface area (Å²) in [6.07, 6.45) is 77.4. The fourth-order valence-electron chi connectivity index (χ4n) is 9.45. The minimum atomic E-state index is -4.99. The van der Waals surface area contributed by atoms with Crippen molar-refractivity contribution in [3.8, 4) is 0 Å². The van der Waals surface area contributed by atoms with Crippen molar-refractivity contribution in [3.63, 3.8) is 0 Å². The number of rotatable bonds is 69. The monoisotopic (exact) mass is 1410 g/mol. The van der Waals surface area contributed by atoms with E-state index in [0.717, 1.165) is 167 Å². The van der Waals surface area contributed by atoms with Crippen LogP contribution >= 0.6 is 15.6 Å². The van der Waals surface area contributed by atoms with E-state index in [1.54, 1.807) is 0 Å². The number of ether oxygens (including phenoxy) is 4. The summed E-state index contributed by atoms with van der Waals surface area (Å²) in [6.45, 7) is 4.45. The molecule has 0 aromatic carbocycles. The van der Waals surface area contributed by atoms with Gasteiger partial charge in [-0.25, -0.2) is 9.13 Å². The summed E-state index contributed by atoms with van der Waals surface area (Å²) >= 11 is 0. The number of carbonyl (C=O) groups excluding carboxylic acids is 4. The van der Waals surface area contributed by atoms with Crippen molar-refractivity contribution in [1.29, 1.82) is 0 Å². The SMILES string of the molecule is CC/C=C\C/C=C\C/C=C\C/C=C\C/C=C\CCCCCC(=O)OCC(COP(=O)(O)OCC(O)COP(=O)(O)OCC(COC(=O)CCCC/C=C\C/C=C\C/C=C\C/C=C\CC)OC(=O)CCCCCCC/C=C\C/C=C\CCC)OC(=O)CCCCCCCCCCCCC. The van der Waals surface area contributed by atoms with Crippen LogP contribution < -0.4 is 0 Å². The minimum Gasteiger partial charge on any atom is -0.462 e. The summed E-state index contributed by atoms with van der Waals surface area (Å²) in [7, 11) is -9.97. The number of hydrogen-bond donors (Lipinski definition) is 3. The molecule has 0 aromatic rings. The largest absolute Gasteiger partial charge is 0.472 e. The second kappa shape index (κ2) is 70.6. The van der Waals surface area contributed by atoms with Gasteiger partial charge in [-0.15, -0.1) is 0 Å². The maximum absolute atomic E-state index is 13.1. The Morgan fingerprint density at radius 3 is 0.888 bits per heavy atom. The van der Waals surface area contributed by atoms with Crippen molar-refractivity contribution in [2.24, 2.45) is 0 Å². The van der Waals surface area contributed by atoms with Crippen molar-refractivity contribution in [1.82, 2.24) is 0 Å². The zero-order valence-electron chi connectivity index (χ0n) is 60.9. The second-order valence-corrected chi connectivity index (χ2v) is 27.4. The smallest absolute Gasteiger partial charge is 0.462 e. The summed E-state index contributed by atoms with van der Waals surface area (Å²) in [6, 6.07) is 0. The molecule has 0 aromatic heterocycles. The van der Waals surface area contributed by atoms with Gasteiger partial charge in [-0.05, 0) is 135 Å². The summed E-state index contributed by atoms with van der Waals surface area (Å²) in [5.74, 6) is -2.28. The van der Waals surface area contributed by atoms with E-state index in [1.165, 1.54) is 38.5 Å². The van der Waals surface area contributed by atoms with Crippen molar-refractivity contribution < 1.29 is 80.2 Å². The second-order valence-electron chi connectivity index (χ2n) is 24.5. The van der Waals surface area contributed by atoms with Crippen LogP contribution in [0.15, 0.2) is 134 Å². The minimum absolute atomic E-state index is 0.0662. The first kappa shape index (κ1) is 93.2. The van der Waals surface area contributed by atoms with Gasteiger partial charge in [-0.2, -0.15) is 0 Å². The normalized spacial score (nSPS) is 14.7. The van der Waals surface area contributed by atoms with E-state index in [4.69, 9.17) is 37.0 Å². The number of aliphatic hydroxyl groups excluding tert-OH is 1. The van der Waals surface area contributed by atoms with Gasteiger partial charge in [0.25, 0.3) is 0 Å². The van der Waals surface area contributed by atoms with Gasteiger partial charge < -0.3 is 33.8 Å². The highest BCUT2D eigenvalue weighted by molar-refractivity contribution is 7.47. The third-order valence-corrected chi connectivity index (χ3v) is 17.0. The van der Waals surface area contributed by atoms with Crippen LogP contribution in [0.3, 0.4) is 0 Å². The highest BCUT2D eigenvalue weighted by Gasteiger charge is 2.30. The molecule has 0 spiro atoms. The molecule has 17 nitrogen and oxygen atoms in total. The summed E-state index contributed by atoms with van der Waals surface area (Å²) < 4.78 is 68.3. The third-order valence-electron chi connectivity index (χ3n) is 15.1. The molecule has 0 amide bonds. The molecule has 0 rings (SSSR count). The molecule has 98 heavy (non-hydrogen) atoms. The lowest BCUT2D eigenvalue weighted by Crippen LogP contribution is -2.30. The van der Waals surface area contributed by atoms with E-state index in [1.807, 2.05) is 0 Å². The van der Waals surface area contributed by atoms with E-state index in [0.29, 0.717) is 25.7 Å². The first-order valence-electron chi connectivity index (χ1n) is 37.4. The molecule has 0 fully saturated rings. The van der Waals surface area contributed by atoms with Crippen LogP contribution in [-0.2, 0) is 65.4 Å². The van der Waals surface area contributed by atoms with Gasteiger partial charge in [0.15, 0.2) is 12.2 Å². The summed E-state index contributed by atoms with van der Waals surface area (Å²) in [5, 5.41) is 10.6. The van der Waals surface area contributed by atoms with E-state index >= 15 is 0 Å². The topological polar surface area (TPSA) is 237 Å². The average Bonchev–Trinajstić information content (AvgIpc) is 1.00. The molecular formula is C79H132O17P2. The Bertz CT molecular complexity index is 2380. The molecule has 19 heteroatoms. The Labute approximate surface area is 593 Å². The number of hydrogen-bond acceptors (Lipinski definition) is 15. The van der Waals surface area contributed by atoms with Gasteiger partial charge in [0.1, 0.15) is 19.3 Å². The average molecular weight is 1420 g/mol. The molecule has 0 heterocycles. The molecule has 0 aliphatic rings. The third kappa shape index (κ3) is 69.7. The highest BCUT2D eigenvalue weighted by atomic mass is 31.2. The quantitative estimate of drug-likeness (QED) is 0.0169. The number of carbonyl (C=O) groups is 4. The number of unbranched alkanes of at least 4 members (excludes halogenated alkanes) is 21. The van der Waals surface area contributed by atoms with Crippen molar-refractivity contribution in [2.75, 3.05) is 39.6 Å². The van der Waals surface area contributed by atoms with Crippen LogP contribution in [0.4, 0.5) is 0 Å². The highest BCUT2D eigenvalue weighted by Crippen LogP contribution is 2.45. The van der Waals surface area contributed by atoms with Gasteiger partial charge in [-0.1, -0.05) is 258 Å². The van der Waals surface area contributed by atoms with E-state index in [9.17, 15) is 43.2 Å². The lowest BCUT2D eigenvalue weighted by atomic mass is 10.1. The van der Waals surface area contributed by atoms with Crippen LogP contribution in [-0.4, -0.2) is 96.7 Å². The predicted molar refractivity (Wildman–Crippen MR) is 399 cm³/mol. The van der Waals surface area contributed by atoms with Gasteiger partial charge in [0, 0.05) is 25.7 Å². The summed E-state index contributed by atoms with van der Waals surface area (Å²) in [5.41, 5.74) is 0. The standard InChI is InChI=1S/C79H132O17P2/c1-5-9-13-17-21-25-29-32-34-35-36-37-39-42-45-48-52-56-60-64-77(82)89-69-74(95-78(83)65-61-57-53-49-43-28-24-20-16-12-8-4)71-93-97(85,86)91-67-73(80)68-92-98(87,88)94-72-75(96-79(84)66-62-58-54-50-46-40-31-27-23-19-15-11-7-3)70-90-76(81)63-59-55-51-47-44-41-38-33-30-26-22-18-14-10-6-2/h9-10,13-15,19,21-22,25-27,31-34,36-38,42,44-45,47,73-75,80H,5-8,11-12,16-18,20,23-24,28-30,35,39-41,43,46,48-72H2,1-4H3,(H,85,86)(H,87,88)/b13-9-,14-10-,19-15-,25-21-,26-22-,31-27-,34-32-,37-36-,38-33-,45-42-,47-44-. The number of phosphoric acid groups is 2. The lowest BCUT2D eigenvalue weighted by Gasteiger charge is -2.21. The Hall–Kier alpha value is -4.80. The van der Waals surface area contributed by atoms with Crippen LogP contribution in [0, 0.1) is 0 Å². The van der Waals surface area contributed by atoms with Crippen molar-refractivity contribution >= 4 is 39.5 Å². The molecule has 0 aliphatic carbocycles. The number of phosphoric ester groups is 2. The fourth-order valence-corrected chi connectivity index (χ4v) is 11.0. The van der Waals surface area contributed by atoms with E-state index in [-0.39, 0.29) is 25.7 Å². The fraction of sp³-hybridized carbons (Fsp3) is 0.671. The Morgan fingerprint density at radius 2 is 0.551 bits per heavy atom. The molecule has 3 N–H and O–H groups in total. The van der Waals surface area contributed by atoms with Crippen LogP contribution in [0.25, 0.3) is 0 Å². The number of aliphatic hydroxyl groups is 1. The number of esters is 4. The Morgan fingerprint density at radius 1 is 0.296 bits per heavy atom. The maximum atomic E-state index is 13.1. The Kier molecular flexibility index (Phi) is 67.2. The molecular weight excluding hydrogens is 1280 g/mol. The van der Waals surface area contributed by atoms with Crippen LogP contribution in [0.5, 0.6) is 0 Å². The van der Waals surface area contributed by atoms with E-state index < -0.39 is 97.5 Å². The first-order chi connectivity index (χ1) is 47.7. The molecule has 0 radical (unpaired) electrons. The van der Waals surface area contributed by atoms with Crippen molar-refractivity contribution in [3.05, 3.63) is 134 Å². The van der Waals surface area contributed by atoms with E-state index in [2.05, 4.69) is 161 Å². The zero-order chi connectivity index (χ0) is 71.8. The van der Waals surface area contributed by atoms with Gasteiger partial charge in [0.05, 0.1) is 26.4 Å². The maximum Gasteiger partial charge on any atom is 0.472 e. The van der Waals surface area contributed by atoms with Gasteiger partial charge >= 0.3 is 39.5 Å². The Balaban J connectivity index is 5.38. The van der Waals surface area contributed by atoms with Gasteiger partial charge in [0.2, 0.25) is 0 Å². The molecule has 0 bridgehead atoms. The molecule has 0 saturated carbocycles. The van der Waals surface area contributed by atoms with Crippen LogP contribution in [0.1, 0.15) is 285 Å². The van der Waals surface area contributed by atoms with Gasteiger partial charge in [-0.3, -0.25) is 37.3 Å². The molecule has 0 saturated heterocycles. The van der Waals surface area contributed by atoms with Crippen molar-refractivity contribution in [2.45, 2.75) is 303 Å². The van der Waals surface area contributed by atoms with Crippen LogP contribution in [0.2, 0.25) is 0 Å². The molecule has 5 unspecified atom stereocenters.